The molecule has 2 aromatic carbocycles. The summed E-state index contributed by atoms with van der Waals surface area (Å²) < 4.78 is 26.4. The standard InChI is InChI=1S/C21H22F2N2O2/c22-16-7-5-14(6-8-16)9-11-24-20(26)17-13-18(17)21(27)25-12-10-15-3-1-2-4-19(15)23/h1-8,17-18H,9-13H2,(H,24,26)(H,25,27). The van der Waals surface area contributed by atoms with Crippen LogP contribution in [0.2, 0.25) is 0 Å². The van der Waals surface area contributed by atoms with E-state index < -0.39 is 0 Å². The second-order valence-electron chi connectivity index (χ2n) is 6.75. The summed E-state index contributed by atoms with van der Waals surface area (Å²) in [7, 11) is 0. The van der Waals surface area contributed by atoms with Crippen molar-refractivity contribution in [2.24, 2.45) is 11.8 Å². The van der Waals surface area contributed by atoms with Gasteiger partial charge in [-0.15, -0.1) is 0 Å². The highest BCUT2D eigenvalue weighted by molar-refractivity contribution is 5.92. The third kappa shape index (κ3) is 5.36. The molecular formula is C21H22F2N2O2. The average molecular weight is 372 g/mol. The molecule has 0 aromatic heterocycles. The van der Waals surface area contributed by atoms with E-state index in [1.54, 1.807) is 30.3 Å². The Morgan fingerprint density at radius 1 is 0.852 bits per heavy atom. The minimum Gasteiger partial charge on any atom is -0.356 e. The second kappa shape index (κ2) is 8.75. The Morgan fingerprint density at radius 2 is 1.44 bits per heavy atom. The topological polar surface area (TPSA) is 58.2 Å². The minimum absolute atomic E-state index is 0.133. The van der Waals surface area contributed by atoms with Crippen LogP contribution in [0.3, 0.4) is 0 Å². The molecule has 0 heterocycles. The van der Waals surface area contributed by atoms with E-state index in [9.17, 15) is 18.4 Å². The Balaban J connectivity index is 1.34. The summed E-state index contributed by atoms with van der Waals surface area (Å²) in [4.78, 5) is 24.2. The number of amides is 2. The third-order valence-corrected chi connectivity index (χ3v) is 4.74. The van der Waals surface area contributed by atoms with Gasteiger partial charge in [-0.2, -0.15) is 0 Å². The number of carbonyl (C=O) groups excluding carboxylic acids is 2. The molecule has 0 radical (unpaired) electrons. The quantitative estimate of drug-likeness (QED) is 0.748. The van der Waals surface area contributed by atoms with Gasteiger partial charge in [-0.1, -0.05) is 30.3 Å². The van der Waals surface area contributed by atoms with Gasteiger partial charge in [0.15, 0.2) is 0 Å². The van der Waals surface area contributed by atoms with Crippen LogP contribution in [0.1, 0.15) is 17.5 Å². The van der Waals surface area contributed by atoms with Crippen LogP contribution in [-0.4, -0.2) is 24.9 Å². The van der Waals surface area contributed by atoms with Gasteiger partial charge in [-0.05, 0) is 48.6 Å². The van der Waals surface area contributed by atoms with Crippen LogP contribution in [0.25, 0.3) is 0 Å². The van der Waals surface area contributed by atoms with E-state index in [0.717, 1.165) is 5.56 Å². The van der Waals surface area contributed by atoms with Crippen LogP contribution < -0.4 is 10.6 Å². The first-order valence-corrected chi connectivity index (χ1v) is 9.08. The molecule has 4 nitrogen and oxygen atoms in total. The van der Waals surface area contributed by atoms with E-state index in [0.29, 0.717) is 37.9 Å². The van der Waals surface area contributed by atoms with Crippen LogP contribution >= 0.6 is 0 Å². The molecule has 2 aromatic rings. The Hall–Kier alpha value is -2.76. The zero-order valence-corrected chi connectivity index (χ0v) is 14.9. The van der Waals surface area contributed by atoms with Crippen LogP contribution in [0.4, 0.5) is 8.78 Å². The molecule has 1 aliphatic carbocycles. The molecule has 2 atom stereocenters. The first-order valence-electron chi connectivity index (χ1n) is 9.08. The van der Waals surface area contributed by atoms with E-state index in [1.165, 1.54) is 18.2 Å². The molecule has 0 aliphatic heterocycles. The fourth-order valence-electron chi connectivity index (χ4n) is 3.04. The summed E-state index contributed by atoms with van der Waals surface area (Å²) in [5.74, 6) is -1.47. The smallest absolute Gasteiger partial charge is 0.223 e. The van der Waals surface area contributed by atoms with Gasteiger partial charge < -0.3 is 10.6 Å². The van der Waals surface area contributed by atoms with Crippen molar-refractivity contribution in [3.05, 3.63) is 71.3 Å². The molecule has 27 heavy (non-hydrogen) atoms. The van der Waals surface area contributed by atoms with Crippen LogP contribution in [0.5, 0.6) is 0 Å². The van der Waals surface area contributed by atoms with Gasteiger partial charge in [0.25, 0.3) is 0 Å². The van der Waals surface area contributed by atoms with Gasteiger partial charge in [0, 0.05) is 13.1 Å². The van der Waals surface area contributed by atoms with E-state index in [1.807, 2.05) is 0 Å². The zero-order valence-electron chi connectivity index (χ0n) is 14.9. The number of nitrogens with one attached hydrogen (secondary N) is 2. The van der Waals surface area contributed by atoms with E-state index in [-0.39, 0.29) is 35.3 Å². The number of carbonyl (C=O) groups is 2. The first-order chi connectivity index (χ1) is 13.0. The van der Waals surface area contributed by atoms with Crippen LogP contribution in [0.15, 0.2) is 48.5 Å². The summed E-state index contributed by atoms with van der Waals surface area (Å²) in [6, 6.07) is 12.6. The molecule has 2 amide bonds. The fourth-order valence-corrected chi connectivity index (χ4v) is 3.04. The molecule has 3 rings (SSSR count). The summed E-state index contributed by atoms with van der Waals surface area (Å²) in [6.45, 7) is 0.789. The molecule has 1 saturated carbocycles. The highest BCUT2D eigenvalue weighted by Gasteiger charge is 2.47. The van der Waals surface area contributed by atoms with Gasteiger partial charge in [-0.3, -0.25) is 9.59 Å². The molecule has 2 unspecified atom stereocenters. The molecule has 6 heteroatoms. The monoisotopic (exact) mass is 372 g/mol. The van der Waals surface area contributed by atoms with Gasteiger partial charge in [-0.25, -0.2) is 8.78 Å². The highest BCUT2D eigenvalue weighted by Crippen LogP contribution is 2.38. The SMILES string of the molecule is O=C(NCCc1ccc(F)cc1)C1CC1C(=O)NCCc1ccccc1F. The number of hydrogen-bond donors (Lipinski definition) is 2. The minimum atomic E-state index is -0.309. The lowest BCUT2D eigenvalue weighted by atomic mass is 10.1. The molecule has 0 bridgehead atoms. The van der Waals surface area contributed by atoms with Crippen molar-refractivity contribution in [3.8, 4) is 0 Å². The lowest BCUT2D eigenvalue weighted by Gasteiger charge is -2.07. The van der Waals surface area contributed by atoms with Gasteiger partial charge >= 0.3 is 0 Å². The Labute approximate surface area is 157 Å². The Kier molecular flexibility index (Phi) is 6.16. The molecular weight excluding hydrogens is 350 g/mol. The summed E-state index contributed by atoms with van der Waals surface area (Å²) in [5.41, 5.74) is 1.50. The van der Waals surface area contributed by atoms with Crippen LogP contribution in [0, 0.1) is 23.5 Å². The number of halogens is 2. The van der Waals surface area contributed by atoms with Gasteiger partial charge in [0.1, 0.15) is 11.6 Å². The summed E-state index contributed by atoms with van der Waals surface area (Å²) >= 11 is 0. The largest absolute Gasteiger partial charge is 0.356 e. The van der Waals surface area contributed by atoms with Crippen molar-refractivity contribution in [2.75, 3.05) is 13.1 Å². The maximum Gasteiger partial charge on any atom is 0.223 e. The Morgan fingerprint density at radius 3 is 2.07 bits per heavy atom. The summed E-state index contributed by atoms with van der Waals surface area (Å²) in [5, 5.41) is 5.59. The maximum absolute atomic E-state index is 13.5. The normalized spacial score (nSPS) is 18.0. The predicted octanol–water partition coefficient (Wildman–Crippen LogP) is 2.62. The lowest BCUT2D eigenvalue weighted by Crippen LogP contribution is -2.32. The second-order valence-corrected chi connectivity index (χ2v) is 6.75. The fraction of sp³-hybridized carbons (Fsp3) is 0.333. The molecule has 2 N–H and O–H groups in total. The first kappa shape index (κ1) is 19.0. The van der Waals surface area contributed by atoms with Crippen molar-refractivity contribution in [1.29, 1.82) is 0 Å². The maximum atomic E-state index is 13.5. The van der Waals surface area contributed by atoms with Crippen molar-refractivity contribution >= 4 is 11.8 Å². The van der Waals surface area contributed by atoms with E-state index in [2.05, 4.69) is 10.6 Å². The number of benzene rings is 2. The molecule has 0 saturated heterocycles. The average Bonchev–Trinajstić information content (AvgIpc) is 3.46. The lowest BCUT2D eigenvalue weighted by molar-refractivity contribution is -0.127. The van der Waals surface area contributed by atoms with Crippen molar-refractivity contribution < 1.29 is 18.4 Å². The predicted molar refractivity (Wildman–Crippen MR) is 97.8 cm³/mol. The van der Waals surface area contributed by atoms with Crippen molar-refractivity contribution in [2.45, 2.75) is 19.3 Å². The molecule has 1 fully saturated rings. The number of rotatable bonds is 8. The molecule has 1 aliphatic rings. The van der Waals surface area contributed by atoms with Crippen molar-refractivity contribution in [3.63, 3.8) is 0 Å². The van der Waals surface area contributed by atoms with Gasteiger partial charge in [0.05, 0.1) is 11.8 Å². The van der Waals surface area contributed by atoms with Crippen LogP contribution in [-0.2, 0) is 22.4 Å². The molecule has 0 spiro atoms. The van der Waals surface area contributed by atoms with Crippen molar-refractivity contribution in [1.82, 2.24) is 10.6 Å². The molecule has 142 valence electrons. The van der Waals surface area contributed by atoms with Gasteiger partial charge in [0.2, 0.25) is 11.8 Å². The highest BCUT2D eigenvalue weighted by atomic mass is 19.1. The third-order valence-electron chi connectivity index (χ3n) is 4.74. The Bertz CT molecular complexity index is 808. The zero-order chi connectivity index (χ0) is 19.2. The summed E-state index contributed by atoms with van der Waals surface area (Å²) in [6.07, 6.45) is 1.56. The van der Waals surface area contributed by atoms with E-state index in [4.69, 9.17) is 0 Å². The van der Waals surface area contributed by atoms with E-state index >= 15 is 0 Å². The number of hydrogen-bond acceptors (Lipinski definition) is 2.